The molecular weight excluding hydrogens is 587 g/mol. The maximum Gasteiger partial charge on any atom is 0.268 e. The van der Waals surface area contributed by atoms with Gasteiger partial charge in [0.15, 0.2) is 0 Å². The fraction of sp³-hybridized carbons (Fsp3) is 0.222. The fourth-order valence-corrected chi connectivity index (χ4v) is 4.83. The van der Waals surface area contributed by atoms with Crippen LogP contribution in [0.2, 0.25) is 10.6 Å². The Bertz CT molecular complexity index is 1560. The number of hydrogen-bond acceptors (Lipinski definition) is 7. The van der Waals surface area contributed by atoms with E-state index in [1.165, 1.54) is 12.3 Å². The second-order valence-corrected chi connectivity index (χ2v) is 9.95. The fourth-order valence-electron chi connectivity index (χ4n) is 4.64. The Morgan fingerprint density at radius 1 is 0.805 bits per heavy atom. The molecule has 210 valence electrons. The third-order valence-electron chi connectivity index (χ3n) is 6.64. The van der Waals surface area contributed by atoms with Crippen molar-refractivity contribution in [2.75, 3.05) is 4.90 Å². The van der Waals surface area contributed by atoms with E-state index in [2.05, 4.69) is 24.9 Å². The first-order chi connectivity index (χ1) is 19.5. The van der Waals surface area contributed by atoms with E-state index >= 15 is 4.39 Å². The molecule has 0 atom stereocenters. The van der Waals surface area contributed by atoms with Crippen LogP contribution in [0.15, 0.2) is 55.2 Å². The summed E-state index contributed by atoms with van der Waals surface area (Å²) in [6, 6.07) is 4.01. The summed E-state index contributed by atoms with van der Waals surface area (Å²) < 4.78 is 57.7. The standard InChI is InChI=1S/C27H18Cl2F4N6O2/c28-25-35-10-15(11-36-25)23(40)39(24(41)16-12-37-26(29)38-13-16)22-18(19-9-17(30)1-2-20(19)31)5-8-34-21(22)14-3-6-27(32,33)7-4-14/h1-2,5,8-14H,3-4,6-7H2. The van der Waals surface area contributed by atoms with Crippen molar-refractivity contribution in [1.82, 2.24) is 24.9 Å². The molecule has 8 nitrogen and oxygen atoms in total. The van der Waals surface area contributed by atoms with E-state index in [-0.39, 0.29) is 57.0 Å². The van der Waals surface area contributed by atoms with E-state index in [1.807, 2.05) is 0 Å². The molecule has 3 heterocycles. The number of carbonyl (C=O) groups is 2. The highest BCUT2D eigenvalue weighted by atomic mass is 35.5. The van der Waals surface area contributed by atoms with Crippen LogP contribution in [0.4, 0.5) is 23.2 Å². The number of nitrogens with zero attached hydrogens (tertiary/aromatic N) is 6. The summed E-state index contributed by atoms with van der Waals surface area (Å²) in [5, 5.41) is -0.337. The monoisotopic (exact) mass is 604 g/mol. The summed E-state index contributed by atoms with van der Waals surface area (Å²) >= 11 is 11.6. The number of aromatic nitrogens is 5. The van der Waals surface area contributed by atoms with Crippen LogP contribution in [0.5, 0.6) is 0 Å². The van der Waals surface area contributed by atoms with E-state index in [9.17, 15) is 22.8 Å². The summed E-state index contributed by atoms with van der Waals surface area (Å²) in [6.45, 7) is 0. The molecule has 0 saturated heterocycles. The minimum Gasteiger partial charge on any atom is -0.268 e. The summed E-state index contributed by atoms with van der Waals surface area (Å²) in [7, 11) is 0. The number of hydrogen-bond donors (Lipinski definition) is 0. The molecule has 3 aromatic heterocycles. The van der Waals surface area contributed by atoms with Gasteiger partial charge >= 0.3 is 0 Å². The predicted molar refractivity (Wildman–Crippen MR) is 141 cm³/mol. The van der Waals surface area contributed by atoms with E-state index in [0.29, 0.717) is 4.90 Å². The molecule has 0 unspecified atom stereocenters. The molecule has 0 N–H and O–H groups in total. The Kier molecular flexibility index (Phi) is 7.96. The number of pyridine rings is 1. The lowest BCUT2D eigenvalue weighted by Gasteiger charge is -2.32. The van der Waals surface area contributed by atoms with Gasteiger partial charge in [-0.1, -0.05) is 0 Å². The van der Waals surface area contributed by atoms with Crippen molar-refractivity contribution in [3.05, 3.63) is 94.3 Å². The van der Waals surface area contributed by atoms with Crippen LogP contribution in [0.3, 0.4) is 0 Å². The molecule has 14 heteroatoms. The molecule has 1 aromatic carbocycles. The molecule has 2 amide bonds. The molecule has 41 heavy (non-hydrogen) atoms. The Hall–Kier alpha value is -4.03. The Morgan fingerprint density at radius 3 is 1.88 bits per heavy atom. The van der Waals surface area contributed by atoms with Crippen LogP contribution in [0, 0.1) is 11.6 Å². The van der Waals surface area contributed by atoms with E-state index in [4.69, 9.17) is 23.2 Å². The highest BCUT2D eigenvalue weighted by Gasteiger charge is 2.39. The molecule has 1 aliphatic rings. The van der Waals surface area contributed by atoms with Crippen LogP contribution in [-0.4, -0.2) is 42.7 Å². The number of halogens is 6. The number of amides is 2. The van der Waals surface area contributed by atoms with Crippen molar-refractivity contribution < 1.29 is 27.2 Å². The molecule has 1 aliphatic carbocycles. The van der Waals surface area contributed by atoms with E-state index in [0.717, 1.165) is 43.0 Å². The third-order valence-corrected chi connectivity index (χ3v) is 7.03. The minimum absolute atomic E-state index is 0.0353. The second kappa shape index (κ2) is 11.5. The number of anilines is 1. The van der Waals surface area contributed by atoms with Crippen molar-refractivity contribution in [1.29, 1.82) is 0 Å². The number of imide groups is 1. The van der Waals surface area contributed by atoms with Crippen molar-refractivity contribution in [2.24, 2.45) is 0 Å². The summed E-state index contributed by atoms with van der Waals surface area (Å²) in [5.74, 6) is -7.14. The van der Waals surface area contributed by atoms with Gasteiger partial charge in [-0.25, -0.2) is 42.4 Å². The average Bonchev–Trinajstić information content (AvgIpc) is 2.95. The zero-order valence-electron chi connectivity index (χ0n) is 20.9. The van der Waals surface area contributed by atoms with Crippen molar-refractivity contribution in [3.63, 3.8) is 0 Å². The van der Waals surface area contributed by atoms with Gasteiger partial charge in [0.05, 0.1) is 22.5 Å². The summed E-state index contributed by atoms with van der Waals surface area (Å²) in [6.07, 6.45) is 4.61. The maximum absolute atomic E-state index is 15.2. The Balaban J connectivity index is 1.77. The van der Waals surface area contributed by atoms with Gasteiger partial charge in [0.2, 0.25) is 16.5 Å². The van der Waals surface area contributed by atoms with Gasteiger partial charge in [0.1, 0.15) is 11.6 Å². The first-order valence-corrected chi connectivity index (χ1v) is 13.0. The van der Waals surface area contributed by atoms with Gasteiger partial charge in [0.25, 0.3) is 11.8 Å². The quantitative estimate of drug-likeness (QED) is 0.142. The molecule has 1 fully saturated rings. The lowest BCUT2D eigenvalue weighted by atomic mass is 9.82. The number of carbonyl (C=O) groups excluding carboxylic acids is 2. The smallest absolute Gasteiger partial charge is 0.268 e. The van der Waals surface area contributed by atoms with Gasteiger partial charge in [-0.15, -0.1) is 0 Å². The highest BCUT2D eigenvalue weighted by Crippen LogP contribution is 2.46. The van der Waals surface area contributed by atoms with Crippen molar-refractivity contribution in [3.8, 4) is 11.1 Å². The van der Waals surface area contributed by atoms with Crippen LogP contribution in [-0.2, 0) is 0 Å². The van der Waals surface area contributed by atoms with Crippen LogP contribution < -0.4 is 4.90 Å². The Morgan fingerprint density at radius 2 is 1.34 bits per heavy atom. The van der Waals surface area contributed by atoms with E-state index in [1.54, 1.807) is 0 Å². The average molecular weight is 605 g/mol. The lowest BCUT2D eigenvalue weighted by Crippen LogP contribution is -2.39. The first kappa shape index (κ1) is 28.5. The first-order valence-electron chi connectivity index (χ1n) is 12.2. The predicted octanol–water partition coefficient (Wildman–Crippen LogP) is 6.69. The zero-order valence-corrected chi connectivity index (χ0v) is 22.4. The molecule has 5 rings (SSSR count). The lowest BCUT2D eigenvalue weighted by molar-refractivity contribution is -0.0384. The largest absolute Gasteiger partial charge is 0.268 e. The number of rotatable bonds is 5. The van der Waals surface area contributed by atoms with Gasteiger partial charge in [-0.3, -0.25) is 14.6 Å². The van der Waals surface area contributed by atoms with Gasteiger partial charge in [-0.2, -0.15) is 0 Å². The number of benzene rings is 1. The SMILES string of the molecule is O=C(c1cnc(Cl)nc1)N(C(=O)c1cnc(Cl)nc1)c1c(-c2cc(F)ccc2F)ccnc1C1CCC(F)(F)CC1. The minimum atomic E-state index is -2.89. The van der Waals surface area contributed by atoms with Crippen LogP contribution in [0.25, 0.3) is 11.1 Å². The van der Waals surface area contributed by atoms with Gasteiger partial charge < -0.3 is 0 Å². The zero-order chi connectivity index (χ0) is 29.3. The van der Waals surface area contributed by atoms with E-state index < -0.39 is 48.1 Å². The summed E-state index contributed by atoms with van der Waals surface area (Å²) in [5.41, 5.74) is -0.868. The molecule has 0 bridgehead atoms. The third kappa shape index (κ3) is 6.03. The van der Waals surface area contributed by atoms with Crippen LogP contribution >= 0.6 is 23.2 Å². The van der Waals surface area contributed by atoms with Gasteiger partial charge in [0, 0.05) is 60.9 Å². The summed E-state index contributed by atoms with van der Waals surface area (Å²) in [4.78, 5) is 48.3. The molecule has 0 spiro atoms. The maximum atomic E-state index is 15.2. The molecular formula is C27H18Cl2F4N6O2. The van der Waals surface area contributed by atoms with Gasteiger partial charge in [-0.05, 0) is 60.3 Å². The second-order valence-electron chi connectivity index (χ2n) is 9.27. The Labute approximate surface area is 240 Å². The molecule has 1 saturated carbocycles. The number of alkyl halides is 2. The highest BCUT2D eigenvalue weighted by molar-refractivity contribution is 6.29. The van der Waals surface area contributed by atoms with Crippen molar-refractivity contribution in [2.45, 2.75) is 37.5 Å². The van der Waals surface area contributed by atoms with Crippen LogP contribution in [0.1, 0.15) is 58.0 Å². The normalized spacial score (nSPS) is 15.0. The molecule has 0 radical (unpaired) electrons. The topological polar surface area (TPSA) is 102 Å². The molecule has 4 aromatic rings. The molecule has 0 aliphatic heterocycles. The van der Waals surface area contributed by atoms with Crippen molar-refractivity contribution >= 4 is 40.7 Å².